The van der Waals surface area contributed by atoms with Gasteiger partial charge < -0.3 is 25.4 Å². The van der Waals surface area contributed by atoms with Crippen LogP contribution in [0.25, 0.3) is 0 Å². The zero-order chi connectivity index (χ0) is 14.4. The second-order valence-corrected chi connectivity index (χ2v) is 5.11. The third kappa shape index (κ3) is 4.34. The number of methoxy groups -OCH3 is 2. The average Bonchev–Trinajstić information content (AvgIpc) is 2.76. The lowest BCUT2D eigenvalue weighted by atomic mass is 10.3. The molecule has 108 valence electrons. The Balaban J connectivity index is 2.63. The number of hydrogen-bond donors (Lipinski definition) is 2. The van der Waals surface area contributed by atoms with Crippen LogP contribution in [0.5, 0.6) is 0 Å². The molecule has 8 heteroatoms. The van der Waals surface area contributed by atoms with Gasteiger partial charge in [0.1, 0.15) is 10.7 Å². The number of rotatable bonds is 7. The molecule has 0 fully saturated rings. The Morgan fingerprint density at radius 1 is 1.53 bits per heavy atom. The van der Waals surface area contributed by atoms with Gasteiger partial charge in [-0.3, -0.25) is 4.79 Å². The van der Waals surface area contributed by atoms with Crippen LogP contribution >= 0.6 is 11.3 Å². The number of carbonyl (C=O) groups is 1. The van der Waals surface area contributed by atoms with Crippen LogP contribution in [-0.4, -0.2) is 58.5 Å². The second kappa shape index (κ2) is 7.27. The summed E-state index contributed by atoms with van der Waals surface area (Å²) in [5.41, 5.74) is 5.73. The first-order valence-corrected chi connectivity index (χ1v) is 6.54. The van der Waals surface area contributed by atoms with Crippen LogP contribution in [0.3, 0.4) is 0 Å². The van der Waals surface area contributed by atoms with Gasteiger partial charge in [0.05, 0.1) is 12.7 Å². The van der Waals surface area contributed by atoms with Crippen molar-refractivity contribution in [3.63, 3.8) is 0 Å². The van der Waals surface area contributed by atoms with Gasteiger partial charge in [0.15, 0.2) is 5.13 Å². The van der Waals surface area contributed by atoms with E-state index < -0.39 is 0 Å². The van der Waals surface area contributed by atoms with E-state index in [-0.39, 0.29) is 17.8 Å². The summed E-state index contributed by atoms with van der Waals surface area (Å²) in [5.74, 6) is -0.00633. The largest absolute Gasteiger partial charge is 0.382 e. The van der Waals surface area contributed by atoms with Crippen molar-refractivity contribution in [2.75, 3.05) is 52.1 Å². The summed E-state index contributed by atoms with van der Waals surface area (Å²) < 4.78 is 10.1. The first-order valence-electron chi connectivity index (χ1n) is 5.73. The van der Waals surface area contributed by atoms with Crippen molar-refractivity contribution >= 4 is 28.2 Å². The summed E-state index contributed by atoms with van der Waals surface area (Å²) in [4.78, 5) is 18.3. The summed E-state index contributed by atoms with van der Waals surface area (Å²) in [5, 5.41) is 3.45. The number of thiazole rings is 1. The molecule has 1 amide bonds. The lowest BCUT2D eigenvalue weighted by molar-refractivity contribution is 0.0286. The van der Waals surface area contributed by atoms with Crippen molar-refractivity contribution in [3.05, 3.63) is 4.88 Å². The number of nitrogen functional groups attached to an aromatic ring is 1. The fourth-order valence-electron chi connectivity index (χ4n) is 1.36. The van der Waals surface area contributed by atoms with Gasteiger partial charge in [0.25, 0.3) is 5.91 Å². The molecule has 0 spiro atoms. The van der Waals surface area contributed by atoms with Crippen LogP contribution in [0.15, 0.2) is 0 Å². The molecule has 7 nitrogen and oxygen atoms in total. The molecule has 1 aromatic heterocycles. The van der Waals surface area contributed by atoms with Crippen LogP contribution < -0.4 is 16.0 Å². The number of ether oxygens (including phenoxy) is 2. The molecular weight excluding hydrogens is 268 g/mol. The maximum absolute atomic E-state index is 12.0. The highest BCUT2D eigenvalue weighted by Gasteiger charge is 2.18. The van der Waals surface area contributed by atoms with Gasteiger partial charge in [0, 0.05) is 34.9 Å². The van der Waals surface area contributed by atoms with E-state index in [4.69, 9.17) is 15.2 Å². The molecule has 3 N–H and O–H groups in total. The topological polar surface area (TPSA) is 89.7 Å². The van der Waals surface area contributed by atoms with Crippen molar-refractivity contribution in [1.29, 1.82) is 0 Å². The highest BCUT2D eigenvalue weighted by atomic mass is 32.1. The molecule has 0 aliphatic heterocycles. The van der Waals surface area contributed by atoms with Crippen molar-refractivity contribution in [3.8, 4) is 0 Å². The SMILES string of the molecule is COCC(CNC(=O)c1sc(N(C)C)nc1N)OC. The molecule has 1 atom stereocenters. The zero-order valence-corrected chi connectivity index (χ0v) is 12.4. The van der Waals surface area contributed by atoms with Gasteiger partial charge >= 0.3 is 0 Å². The number of hydrogen-bond acceptors (Lipinski definition) is 7. The third-order valence-corrected chi connectivity index (χ3v) is 3.64. The Labute approximate surface area is 116 Å². The normalized spacial score (nSPS) is 12.2. The molecule has 1 heterocycles. The summed E-state index contributed by atoms with van der Waals surface area (Å²) in [7, 11) is 6.85. The van der Waals surface area contributed by atoms with Crippen LogP contribution in [0.2, 0.25) is 0 Å². The van der Waals surface area contributed by atoms with E-state index in [2.05, 4.69) is 10.3 Å². The number of nitrogens with zero attached hydrogens (tertiary/aromatic N) is 2. The molecule has 0 aromatic carbocycles. The number of carbonyl (C=O) groups excluding carboxylic acids is 1. The van der Waals surface area contributed by atoms with E-state index in [1.54, 1.807) is 19.1 Å². The Morgan fingerprint density at radius 3 is 2.68 bits per heavy atom. The molecule has 1 rings (SSSR count). The Bertz CT molecular complexity index is 422. The smallest absolute Gasteiger partial charge is 0.265 e. The van der Waals surface area contributed by atoms with Crippen molar-refractivity contribution < 1.29 is 14.3 Å². The minimum absolute atomic E-state index is 0.184. The van der Waals surface area contributed by atoms with Crippen LogP contribution in [-0.2, 0) is 9.47 Å². The zero-order valence-electron chi connectivity index (χ0n) is 11.6. The lowest BCUT2D eigenvalue weighted by Crippen LogP contribution is -2.35. The van der Waals surface area contributed by atoms with E-state index in [1.165, 1.54) is 11.3 Å². The van der Waals surface area contributed by atoms with E-state index >= 15 is 0 Å². The number of aromatic nitrogens is 1. The molecular formula is C11H20N4O3S. The number of anilines is 2. The predicted molar refractivity (Wildman–Crippen MR) is 75.9 cm³/mol. The molecule has 1 unspecified atom stereocenters. The first-order chi connectivity index (χ1) is 8.99. The summed E-state index contributed by atoms with van der Waals surface area (Å²) in [6.45, 7) is 0.774. The Kier molecular flexibility index (Phi) is 6.00. The minimum atomic E-state index is -0.249. The van der Waals surface area contributed by atoms with Crippen molar-refractivity contribution in [2.24, 2.45) is 0 Å². The van der Waals surface area contributed by atoms with E-state index in [0.29, 0.717) is 23.2 Å². The summed E-state index contributed by atoms with van der Waals surface area (Å²) in [6.07, 6.45) is -0.184. The first kappa shape index (κ1) is 15.7. The third-order valence-electron chi connectivity index (χ3n) is 2.41. The minimum Gasteiger partial charge on any atom is -0.382 e. The van der Waals surface area contributed by atoms with E-state index in [1.807, 2.05) is 14.1 Å². The van der Waals surface area contributed by atoms with E-state index in [0.717, 1.165) is 0 Å². The van der Waals surface area contributed by atoms with Crippen molar-refractivity contribution in [1.82, 2.24) is 10.3 Å². The van der Waals surface area contributed by atoms with Gasteiger partial charge in [-0.25, -0.2) is 4.98 Å². The fourth-order valence-corrected chi connectivity index (χ4v) is 2.18. The summed E-state index contributed by atoms with van der Waals surface area (Å²) >= 11 is 1.25. The lowest BCUT2D eigenvalue weighted by Gasteiger charge is -2.14. The Hall–Kier alpha value is -1.38. The standard InChI is InChI=1S/C11H20N4O3S/c1-15(2)11-14-9(12)8(19-11)10(16)13-5-7(18-4)6-17-3/h7H,5-6,12H2,1-4H3,(H,13,16). The molecule has 0 saturated heterocycles. The molecule has 0 radical (unpaired) electrons. The van der Waals surface area contributed by atoms with Crippen LogP contribution in [0.1, 0.15) is 9.67 Å². The van der Waals surface area contributed by atoms with Crippen LogP contribution in [0.4, 0.5) is 10.9 Å². The molecule has 0 bridgehead atoms. The van der Waals surface area contributed by atoms with E-state index in [9.17, 15) is 4.79 Å². The van der Waals surface area contributed by atoms with Gasteiger partial charge in [-0.15, -0.1) is 0 Å². The maximum Gasteiger partial charge on any atom is 0.265 e. The maximum atomic E-state index is 12.0. The predicted octanol–water partition coefficient (Wildman–Crippen LogP) is 0.183. The number of nitrogens with one attached hydrogen (secondary N) is 1. The van der Waals surface area contributed by atoms with Gasteiger partial charge in [-0.2, -0.15) is 0 Å². The number of nitrogens with two attached hydrogens (primary N) is 1. The van der Waals surface area contributed by atoms with Gasteiger partial charge in [0.2, 0.25) is 0 Å². The second-order valence-electron chi connectivity index (χ2n) is 4.13. The summed E-state index contributed by atoms with van der Waals surface area (Å²) in [6, 6.07) is 0. The highest BCUT2D eigenvalue weighted by molar-refractivity contribution is 7.18. The molecule has 19 heavy (non-hydrogen) atoms. The fraction of sp³-hybridized carbons (Fsp3) is 0.636. The van der Waals surface area contributed by atoms with Crippen molar-refractivity contribution in [2.45, 2.75) is 6.10 Å². The number of amides is 1. The molecule has 0 aliphatic carbocycles. The highest BCUT2D eigenvalue weighted by Crippen LogP contribution is 2.26. The molecule has 0 saturated carbocycles. The van der Waals surface area contributed by atoms with Crippen LogP contribution in [0, 0.1) is 0 Å². The quantitative estimate of drug-likeness (QED) is 0.744. The van der Waals surface area contributed by atoms with Gasteiger partial charge in [-0.05, 0) is 0 Å². The molecule has 1 aromatic rings. The van der Waals surface area contributed by atoms with Gasteiger partial charge in [-0.1, -0.05) is 11.3 Å². The average molecular weight is 288 g/mol. The molecule has 0 aliphatic rings. The monoisotopic (exact) mass is 288 g/mol. The Morgan fingerprint density at radius 2 is 2.21 bits per heavy atom.